The lowest BCUT2D eigenvalue weighted by Crippen LogP contribution is -2.42. The van der Waals surface area contributed by atoms with Gasteiger partial charge in [-0.1, -0.05) is 18.2 Å². The van der Waals surface area contributed by atoms with Crippen molar-refractivity contribution in [2.24, 2.45) is 0 Å². The van der Waals surface area contributed by atoms with E-state index in [-0.39, 0.29) is 12.4 Å². The fourth-order valence-corrected chi connectivity index (χ4v) is 2.41. The van der Waals surface area contributed by atoms with Crippen LogP contribution in [-0.2, 0) is 4.74 Å². The van der Waals surface area contributed by atoms with Gasteiger partial charge in [-0.25, -0.2) is 4.79 Å². The number of nitrogen functional groups attached to an aromatic ring is 1. The van der Waals surface area contributed by atoms with Crippen molar-refractivity contribution in [3.05, 3.63) is 53.1 Å². The van der Waals surface area contributed by atoms with Gasteiger partial charge in [0.25, 0.3) is 0 Å². The van der Waals surface area contributed by atoms with Crippen LogP contribution in [0.25, 0.3) is 0 Å². The van der Waals surface area contributed by atoms with Gasteiger partial charge < -0.3 is 20.3 Å². The lowest BCUT2D eigenvalue weighted by Gasteiger charge is -2.20. The van der Waals surface area contributed by atoms with Gasteiger partial charge in [-0.05, 0) is 18.2 Å². The highest BCUT2D eigenvalue weighted by Crippen LogP contribution is 2.42. The number of aromatic nitrogens is 2. The number of hydrogen-bond donors (Lipinski definition) is 2. The predicted molar refractivity (Wildman–Crippen MR) is 79.7 cm³/mol. The smallest absolute Gasteiger partial charge is 0.351 e. The summed E-state index contributed by atoms with van der Waals surface area (Å²) in [6, 6.07) is 9.70. The Hall–Kier alpha value is -2.52. The first-order chi connectivity index (χ1) is 11.4. The third kappa shape index (κ3) is 2.95. The summed E-state index contributed by atoms with van der Waals surface area (Å²) in [6.45, 7) is -0.297. The SMILES string of the molecule is Nc1ccn([C@H]2O[C@@H](COc3ccccc3)C(O)C2(F)F)c(=O)n1. The molecule has 1 aliphatic heterocycles. The minimum Gasteiger partial charge on any atom is -0.491 e. The Morgan fingerprint density at radius 1 is 1.33 bits per heavy atom. The molecule has 2 aromatic rings. The van der Waals surface area contributed by atoms with Crippen molar-refractivity contribution in [3.8, 4) is 5.75 Å². The quantitative estimate of drug-likeness (QED) is 0.855. The number of benzene rings is 1. The van der Waals surface area contributed by atoms with Gasteiger partial charge >= 0.3 is 11.6 Å². The summed E-state index contributed by atoms with van der Waals surface area (Å²) in [7, 11) is 0. The summed E-state index contributed by atoms with van der Waals surface area (Å²) in [6.07, 6.45) is -4.38. The van der Waals surface area contributed by atoms with Gasteiger partial charge in [0.1, 0.15) is 24.3 Å². The van der Waals surface area contributed by atoms with Crippen LogP contribution in [0.1, 0.15) is 6.23 Å². The van der Waals surface area contributed by atoms with E-state index in [0.29, 0.717) is 10.3 Å². The summed E-state index contributed by atoms with van der Waals surface area (Å²) in [4.78, 5) is 15.1. The molecule has 1 aromatic heterocycles. The zero-order chi connectivity index (χ0) is 17.3. The Morgan fingerprint density at radius 3 is 2.71 bits per heavy atom. The van der Waals surface area contributed by atoms with Crippen LogP contribution in [0.2, 0.25) is 0 Å². The van der Waals surface area contributed by atoms with E-state index in [4.69, 9.17) is 15.2 Å². The second kappa shape index (κ2) is 6.17. The number of ether oxygens (including phenoxy) is 2. The summed E-state index contributed by atoms with van der Waals surface area (Å²) in [5.41, 5.74) is 4.35. The number of nitrogens with zero attached hydrogens (tertiary/aromatic N) is 2. The molecule has 0 saturated carbocycles. The van der Waals surface area contributed by atoms with Gasteiger partial charge in [-0.15, -0.1) is 0 Å². The van der Waals surface area contributed by atoms with E-state index in [1.165, 1.54) is 6.07 Å². The third-order valence-corrected chi connectivity index (χ3v) is 3.64. The summed E-state index contributed by atoms with van der Waals surface area (Å²) < 4.78 is 39.7. The van der Waals surface area contributed by atoms with Crippen LogP contribution < -0.4 is 16.2 Å². The van der Waals surface area contributed by atoms with Gasteiger partial charge in [0.2, 0.25) is 6.23 Å². The summed E-state index contributed by atoms with van der Waals surface area (Å²) in [5, 5.41) is 9.86. The second-order valence-corrected chi connectivity index (χ2v) is 5.31. The molecule has 0 bridgehead atoms. The number of rotatable bonds is 4. The van der Waals surface area contributed by atoms with E-state index >= 15 is 0 Å². The molecule has 1 aliphatic rings. The van der Waals surface area contributed by atoms with Crippen LogP contribution in [0.4, 0.5) is 14.6 Å². The van der Waals surface area contributed by atoms with E-state index in [2.05, 4.69) is 4.98 Å². The van der Waals surface area contributed by atoms with E-state index in [9.17, 15) is 18.7 Å². The van der Waals surface area contributed by atoms with Crippen LogP contribution >= 0.6 is 0 Å². The number of para-hydroxylation sites is 1. The van der Waals surface area contributed by atoms with Crippen molar-refractivity contribution in [1.29, 1.82) is 0 Å². The first-order valence-corrected chi connectivity index (χ1v) is 7.13. The molecule has 3 atom stereocenters. The van der Waals surface area contributed by atoms with Gasteiger partial charge in [-0.3, -0.25) is 4.57 Å². The molecule has 2 heterocycles. The van der Waals surface area contributed by atoms with Crippen LogP contribution in [0.3, 0.4) is 0 Å². The van der Waals surface area contributed by atoms with Crippen LogP contribution in [-0.4, -0.2) is 39.4 Å². The minimum atomic E-state index is -3.69. The molecule has 7 nitrogen and oxygen atoms in total. The van der Waals surface area contributed by atoms with Gasteiger partial charge in [-0.2, -0.15) is 13.8 Å². The summed E-state index contributed by atoms with van der Waals surface area (Å²) >= 11 is 0. The highest BCUT2D eigenvalue weighted by molar-refractivity contribution is 5.24. The van der Waals surface area contributed by atoms with Crippen LogP contribution in [0.15, 0.2) is 47.4 Å². The molecule has 3 N–H and O–H groups in total. The number of anilines is 1. The van der Waals surface area contributed by atoms with Crippen molar-refractivity contribution in [3.63, 3.8) is 0 Å². The van der Waals surface area contributed by atoms with E-state index in [1.807, 2.05) is 0 Å². The predicted octanol–water partition coefficient (Wildman–Crippen LogP) is 0.798. The molecule has 1 unspecified atom stereocenters. The normalized spacial score (nSPS) is 25.5. The average molecular weight is 339 g/mol. The van der Waals surface area contributed by atoms with E-state index in [1.54, 1.807) is 30.3 Å². The lowest BCUT2D eigenvalue weighted by molar-refractivity contribution is -0.140. The van der Waals surface area contributed by atoms with Crippen LogP contribution in [0, 0.1) is 0 Å². The molecule has 24 heavy (non-hydrogen) atoms. The number of halogens is 2. The molecule has 9 heteroatoms. The maximum Gasteiger partial charge on any atom is 0.351 e. The lowest BCUT2D eigenvalue weighted by atomic mass is 10.1. The number of alkyl halides is 2. The molecule has 0 spiro atoms. The maximum absolute atomic E-state index is 14.3. The zero-order valence-corrected chi connectivity index (χ0v) is 12.4. The molecular weight excluding hydrogens is 324 g/mol. The highest BCUT2D eigenvalue weighted by atomic mass is 19.3. The monoisotopic (exact) mass is 339 g/mol. The Kier molecular flexibility index (Phi) is 4.20. The number of hydrogen-bond acceptors (Lipinski definition) is 6. The molecule has 1 aromatic carbocycles. The Bertz CT molecular complexity index is 769. The Balaban J connectivity index is 1.79. The maximum atomic E-state index is 14.3. The highest BCUT2D eigenvalue weighted by Gasteiger charge is 2.59. The average Bonchev–Trinajstić information content (AvgIpc) is 2.77. The van der Waals surface area contributed by atoms with Crippen molar-refractivity contribution < 1.29 is 23.4 Å². The van der Waals surface area contributed by atoms with Gasteiger partial charge in [0.05, 0.1) is 0 Å². The summed E-state index contributed by atoms with van der Waals surface area (Å²) in [5.74, 6) is -3.33. The largest absolute Gasteiger partial charge is 0.491 e. The van der Waals surface area contributed by atoms with Crippen molar-refractivity contribution in [2.75, 3.05) is 12.3 Å². The molecule has 0 radical (unpaired) electrons. The molecule has 128 valence electrons. The minimum absolute atomic E-state index is 0.0953. The first kappa shape index (κ1) is 16.3. The molecule has 1 fully saturated rings. The van der Waals surface area contributed by atoms with Crippen molar-refractivity contribution in [1.82, 2.24) is 9.55 Å². The Labute approximate surface area is 135 Å². The van der Waals surface area contributed by atoms with Gasteiger partial charge in [0.15, 0.2) is 6.10 Å². The topological polar surface area (TPSA) is 99.6 Å². The Morgan fingerprint density at radius 2 is 2.04 bits per heavy atom. The van der Waals surface area contributed by atoms with Crippen molar-refractivity contribution in [2.45, 2.75) is 24.4 Å². The number of nitrogens with two attached hydrogens (primary N) is 1. The fraction of sp³-hybridized carbons (Fsp3) is 0.333. The molecule has 0 amide bonds. The van der Waals surface area contributed by atoms with E-state index < -0.39 is 30.0 Å². The van der Waals surface area contributed by atoms with Crippen LogP contribution in [0.5, 0.6) is 5.75 Å². The molecule has 3 rings (SSSR count). The van der Waals surface area contributed by atoms with E-state index in [0.717, 1.165) is 6.20 Å². The first-order valence-electron chi connectivity index (χ1n) is 7.13. The van der Waals surface area contributed by atoms with Gasteiger partial charge in [0, 0.05) is 6.20 Å². The van der Waals surface area contributed by atoms with Crippen molar-refractivity contribution >= 4 is 5.82 Å². The standard InChI is InChI=1S/C15H15F2N3O4/c16-15(17)12(21)10(8-23-9-4-2-1-3-5-9)24-13(15)20-7-6-11(18)19-14(20)22/h1-7,10,12-13,21H,8H2,(H2,18,19,22)/t10-,12?,13-/m0/s1. The molecule has 1 saturated heterocycles. The second-order valence-electron chi connectivity index (χ2n) is 5.31. The fourth-order valence-electron chi connectivity index (χ4n) is 2.41. The molecule has 0 aliphatic carbocycles. The third-order valence-electron chi connectivity index (χ3n) is 3.64. The zero-order valence-electron chi connectivity index (χ0n) is 12.4. The number of aliphatic hydroxyl groups excluding tert-OH is 1. The number of aliphatic hydroxyl groups is 1. The molecular formula is C15H15F2N3O4.